The molecular weight excluding hydrogens is 333 g/mol. The minimum atomic E-state index is -0.450. The maximum atomic E-state index is 13.7. The molecule has 0 bridgehead atoms. The van der Waals surface area contributed by atoms with Crippen LogP contribution in [0.4, 0.5) is 4.39 Å². The van der Waals surface area contributed by atoms with Gasteiger partial charge >= 0.3 is 5.97 Å². The first-order chi connectivity index (χ1) is 11.5. The molecule has 4 aromatic rings. The number of carbonyl (C=O) groups excluding carboxylic acids is 1. The third-order valence-electron chi connectivity index (χ3n) is 3.66. The number of fused-ring (bicyclic) bond motifs is 6. The number of H-pyrrole nitrogens is 2. The number of hydrogen-bond acceptors (Lipinski definition) is 5. The zero-order chi connectivity index (χ0) is 16.8. The number of halogens is 1. The van der Waals surface area contributed by atoms with Crippen LogP contribution in [0.1, 0.15) is 6.92 Å². The third-order valence-corrected chi connectivity index (χ3v) is 4.33. The number of aromatic nitrogens is 3. The van der Waals surface area contributed by atoms with Crippen molar-refractivity contribution in [3.8, 4) is 0 Å². The van der Waals surface area contributed by atoms with E-state index in [2.05, 4.69) is 15.0 Å². The van der Waals surface area contributed by atoms with E-state index in [1.807, 2.05) is 0 Å². The number of nitrogens with one attached hydrogen (secondary N) is 2. The van der Waals surface area contributed by atoms with Crippen LogP contribution in [0.3, 0.4) is 0 Å². The van der Waals surface area contributed by atoms with Gasteiger partial charge in [0.2, 0.25) is 5.16 Å². The van der Waals surface area contributed by atoms with Crippen molar-refractivity contribution in [1.82, 2.24) is 15.0 Å². The average molecular weight is 343 g/mol. The van der Waals surface area contributed by atoms with Crippen molar-refractivity contribution in [2.75, 3.05) is 0 Å². The fraction of sp³-hybridized carbons (Fsp3) is 0.0625. The molecule has 0 aliphatic heterocycles. The highest BCUT2D eigenvalue weighted by Gasteiger charge is 2.16. The van der Waals surface area contributed by atoms with E-state index < -0.39 is 11.8 Å². The Morgan fingerprint density at radius 2 is 2.08 bits per heavy atom. The van der Waals surface area contributed by atoms with Gasteiger partial charge in [0.15, 0.2) is 0 Å². The van der Waals surface area contributed by atoms with Crippen LogP contribution in [0.2, 0.25) is 0 Å². The molecule has 6 nitrogen and oxygen atoms in total. The number of hydrogen-bond donors (Lipinski definition) is 2. The zero-order valence-electron chi connectivity index (χ0n) is 12.3. The minimum Gasteiger partial charge on any atom is -0.383 e. The molecule has 0 radical (unpaired) electrons. The maximum Gasteiger partial charge on any atom is 0.315 e. The molecule has 4 rings (SSSR count). The largest absolute Gasteiger partial charge is 0.383 e. The maximum absolute atomic E-state index is 13.7. The van der Waals surface area contributed by atoms with Gasteiger partial charge in [0.05, 0.1) is 16.4 Å². The van der Waals surface area contributed by atoms with Crippen LogP contribution in [-0.2, 0) is 8.98 Å². The highest BCUT2D eigenvalue weighted by atomic mass is 32.2. The van der Waals surface area contributed by atoms with Gasteiger partial charge < -0.3 is 14.2 Å². The van der Waals surface area contributed by atoms with Crippen molar-refractivity contribution >= 4 is 50.6 Å². The molecule has 0 unspecified atom stereocenters. The molecule has 0 spiro atoms. The van der Waals surface area contributed by atoms with Crippen LogP contribution in [0.15, 0.2) is 40.4 Å². The van der Waals surface area contributed by atoms with Crippen LogP contribution >= 0.6 is 12.0 Å². The normalized spacial score (nSPS) is 11.4. The van der Waals surface area contributed by atoms with Crippen molar-refractivity contribution in [3.05, 3.63) is 46.6 Å². The Kier molecular flexibility index (Phi) is 3.27. The molecule has 2 heterocycles. The molecule has 0 aliphatic carbocycles. The summed E-state index contributed by atoms with van der Waals surface area (Å²) >= 11 is 0.803. The molecule has 120 valence electrons. The number of imidazole rings is 1. The summed E-state index contributed by atoms with van der Waals surface area (Å²) in [5.74, 6) is -0.884. The SMILES string of the molecule is CC(=O)OSc1nc2c3ccc(F)cc3c3c(=O)[nH]ccc3c2[nH]1. The first kappa shape index (κ1) is 14.7. The Balaban J connectivity index is 2.14. The predicted molar refractivity (Wildman–Crippen MR) is 89.3 cm³/mol. The molecule has 0 fully saturated rings. The Bertz CT molecular complexity index is 1180. The predicted octanol–water partition coefficient (Wildman–Crippen LogP) is 3.27. The minimum absolute atomic E-state index is 0.311. The molecule has 8 heteroatoms. The summed E-state index contributed by atoms with van der Waals surface area (Å²) in [5.41, 5.74) is 0.899. The smallest absolute Gasteiger partial charge is 0.315 e. The summed E-state index contributed by atoms with van der Waals surface area (Å²) in [7, 11) is 0. The van der Waals surface area contributed by atoms with Gasteiger partial charge in [-0.05, 0) is 24.3 Å². The summed E-state index contributed by atoms with van der Waals surface area (Å²) in [6.45, 7) is 1.29. The van der Waals surface area contributed by atoms with E-state index in [1.165, 1.54) is 25.3 Å². The lowest BCUT2D eigenvalue weighted by atomic mass is 10.0. The van der Waals surface area contributed by atoms with E-state index in [9.17, 15) is 14.0 Å². The second kappa shape index (κ2) is 5.34. The second-order valence-electron chi connectivity index (χ2n) is 5.21. The van der Waals surface area contributed by atoms with Gasteiger partial charge in [-0.25, -0.2) is 9.37 Å². The Morgan fingerprint density at radius 1 is 1.25 bits per heavy atom. The van der Waals surface area contributed by atoms with Crippen molar-refractivity contribution in [1.29, 1.82) is 0 Å². The van der Waals surface area contributed by atoms with E-state index in [0.29, 0.717) is 37.7 Å². The Labute approximate surface area is 138 Å². The zero-order valence-corrected chi connectivity index (χ0v) is 13.2. The molecule has 0 amide bonds. The number of benzene rings is 2. The van der Waals surface area contributed by atoms with Crippen molar-refractivity contribution < 1.29 is 13.4 Å². The lowest BCUT2D eigenvalue weighted by Crippen LogP contribution is -2.05. The van der Waals surface area contributed by atoms with Crippen LogP contribution in [0.5, 0.6) is 0 Å². The molecule has 0 saturated carbocycles. The third kappa shape index (κ3) is 2.23. The van der Waals surface area contributed by atoms with E-state index in [4.69, 9.17) is 4.18 Å². The fourth-order valence-corrected chi connectivity index (χ4v) is 3.23. The number of aromatic amines is 2. The number of pyridine rings is 1. The summed E-state index contributed by atoms with van der Waals surface area (Å²) < 4.78 is 18.6. The molecule has 24 heavy (non-hydrogen) atoms. The van der Waals surface area contributed by atoms with Crippen LogP contribution < -0.4 is 5.56 Å². The van der Waals surface area contributed by atoms with E-state index in [-0.39, 0.29) is 5.56 Å². The van der Waals surface area contributed by atoms with E-state index >= 15 is 0 Å². The van der Waals surface area contributed by atoms with Crippen LogP contribution in [0.25, 0.3) is 32.6 Å². The summed E-state index contributed by atoms with van der Waals surface area (Å²) in [6, 6.07) is 5.94. The van der Waals surface area contributed by atoms with Gasteiger partial charge in [-0.15, -0.1) is 0 Å². The summed E-state index contributed by atoms with van der Waals surface area (Å²) in [4.78, 5) is 33.3. The standard InChI is InChI=1S/C16H10FN3O3S/c1-7(21)23-24-16-19-13-9-3-2-8(17)6-11(9)12-10(14(13)20-16)4-5-18-15(12)22/h2-6H,1H3,(H,18,22)(H,19,20). The van der Waals surface area contributed by atoms with Crippen LogP contribution in [0, 0.1) is 5.82 Å². The van der Waals surface area contributed by atoms with E-state index in [1.54, 1.807) is 12.1 Å². The number of rotatable bonds is 2. The van der Waals surface area contributed by atoms with E-state index in [0.717, 1.165) is 12.0 Å². The van der Waals surface area contributed by atoms with Crippen LogP contribution in [-0.4, -0.2) is 20.9 Å². The first-order valence-corrected chi connectivity index (χ1v) is 7.76. The summed E-state index contributed by atoms with van der Waals surface area (Å²) in [6.07, 6.45) is 1.52. The highest BCUT2D eigenvalue weighted by molar-refractivity contribution is 7.94. The monoisotopic (exact) mass is 343 g/mol. The van der Waals surface area contributed by atoms with Gasteiger partial charge in [0.1, 0.15) is 17.9 Å². The van der Waals surface area contributed by atoms with Gasteiger partial charge in [-0.2, -0.15) is 0 Å². The molecule has 0 saturated heterocycles. The first-order valence-electron chi connectivity index (χ1n) is 7.02. The van der Waals surface area contributed by atoms with Crippen molar-refractivity contribution in [2.45, 2.75) is 12.1 Å². The second-order valence-corrected chi connectivity index (χ2v) is 5.93. The summed E-state index contributed by atoms with van der Waals surface area (Å²) in [5, 5.41) is 2.50. The lowest BCUT2D eigenvalue weighted by molar-refractivity contribution is -0.130. The molecule has 0 aliphatic rings. The Hall–Kier alpha value is -2.87. The van der Waals surface area contributed by atoms with Gasteiger partial charge in [-0.3, -0.25) is 9.59 Å². The molecule has 2 N–H and O–H groups in total. The molecular formula is C16H10FN3O3S. The van der Waals surface area contributed by atoms with Gasteiger partial charge in [0, 0.05) is 29.3 Å². The van der Waals surface area contributed by atoms with Gasteiger partial charge in [0.25, 0.3) is 5.56 Å². The fourth-order valence-electron chi connectivity index (χ4n) is 2.76. The molecule has 0 atom stereocenters. The molecule has 2 aromatic heterocycles. The molecule has 2 aromatic carbocycles. The van der Waals surface area contributed by atoms with Crippen molar-refractivity contribution in [3.63, 3.8) is 0 Å². The topological polar surface area (TPSA) is 87.8 Å². The highest BCUT2D eigenvalue weighted by Crippen LogP contribution is 2.33. The van der Waals surface area contributed by atoms with Gasteiger partial charge in [-0.1, -0.05) is 0 Å². The quantitative estimate of drug-likeness (QED) is 0.431. The Morgan fingerprint density at radius 3 is 2.88 bits per heavy atom. The average Bonchev–Trinajstić information content (AvgIpc) is 2.97. The van der Waals surface area contributed by atoms with Crippen molar-refractivity contribution in [2.24, 2.45) is 0 Å². The number of nitrogens with zero attached hydrogens (tertiary/aromatic N) is 1. The number of carbonyl (C=O) groups is 1. The lowest BCUT2D eigenvalue weighted by Gasteiger charge is -2.05.